The largest absolute Gasteiger partial charge is 0.480 e. The number of hydrogen-bond acceptors (Lipinski definition) is 9. The molecule has 31 heavy (non-hydrogen) atoms. The van der Waals surface area contributed by atoms with Crippen molar-refractivity contribution in [2.24, 2.45) is 5.73 Å². The zero-order chi connectivity index (χ0) is 23.4. The van der Waals surface area contributed by atoms with Gasteiger partial charge in [0, 0.05) is 24.1 Å². The van der Waals surface area contributed by atoms with E-state index < -0.39 is 54.5 Å². The SMILES string of the molecule is CSCCC(NC(=O)C(CO)NC(=O)C(CS)NC(=O)C(N)Cc1cnc[nH]1)C(=O)O. The maximum absolute atomic E-state index is 12.5. The van der Waals surface area contributed by atoms with Gasteiger partial charge in [-0.3, -0.25) is 14.4 Å². The highest BCUT2D eigenvalue weighted by Gasteiger charge is 2.29. The number of carbonyl (C=O) groups is 4. The number of aliphatic hydroxyl groups is 1. The Labute approximate surface area is 188 Å². The number of nitrogens with one attached hydrogen (secondary N) is 4. The minimum Gasteiger partial charge on any atom is -0.480 e. The molecule has 0 saturated carbocycles. The van der Waals surface area contributed by atoms with Gasteiger partial charge in [-0.05, 0) is 18.4 Å². The quantitative estimate of drug-likeness (QED) is 0.134. The molecule has 0 fully saturated rings. The van der Waals surface area contributed by atoms with Gasteiger partial charge in [0.2, 0.25) is 17.7 Å². The number of nitrogens with zero attached hydrogens (tertiary/aromatic N) is 1. The van der Waals surface area contributed by atoms with E-state index in [0.29, 0.717) is 11.4 Å². The number of thioether (sulfide) groups is 1. The highest BCUT2D eigenvalue weighted by Crippen LogP contribution is 2.02. The van der Waals surface area contributed by atoms with Gasteiger partial charge in [-0.25, -0.2) is 9.78 Å². The molecule has 1 rings (SSSR count). The first-order valence-electron chi connectivity index (χ1n) is 9.30. The number of rotatable bonds is 14. The van der Waals surface area contributed by atoms with Crippen LogP contribution in [0.1, 0.15) is 12.1 Å². The van der Waals surface area contributed by atoms with E-state index in [1.165, 1.54) is 24.3 Å². The summed E-state index contributed by atoms with van der Waals surface area (Å²) in [6.07, 6.45) is 5.10. The molecule has 0 aliphatic carbocycles. The number of aromatic amines is 1. The fraction of sp³-hybridized carbons (Fsp3) is 0.588. The smallest absolute Gasteiger partial charge is 0.326 e. The van der Waals surface area contributed by atoms with Gasteiger partial charge in [-0.1, -0.05) is 0 Å². The van der Waals surface area contributed by atoms with Crippen molar-refractivity contribution >= 4 is 48.1 Å². The normalized spacial score (nSPS) is 14.7. The predicted molar refractivity (Wildman–Crippen MR) is 118 cm³/mol. The molecule has 1 aromatic heterocycles. The Morgan fingerprint density at radius 2 is 1.77 bits per heavy atom. The van der Waals surface area contributed by atoms with Crippen molar-refractivity contribution in [1.29, 1.82) is 0 Å². The van der Waals surface area contributed by atoms with Crippen molar-refractivity contribution in [3.8, 4) is 0 Å². The number of aliphatic carboxylic acids is 1. The maximum atomic E-state index is 12.5. The highest BCUT2D eigenvalue weighted by molar-refractivity contribution is 7.98. The lowest BCUT2D eigenvalue weighted by atomic mass is 10.1. The molecule has 8 N–H and O–H groups in total. The summed E-state index contributed by atoms with van der Waals surface area (Å²) in [6, 6.07) is -4.65. The standard InChI is InChI=1S/C17H28N6O6S2/c1-31-3-2-11(17(28)29)21-15(26)12(6-24)22-16(27)13(7-30)23-14(25)10(18)4-9-5-19-8-20-9/h5,8,10-13,24,30H,2-4,6-7,18H2,1H3,(H,19,20)(H,21,26)(H,22,27)(H,23,25)(H,28,29). The van der Waals surface area contributed by atoms with Crippen LogP contribution in [0.2, 0.25) is 0 Å². The van der Waals surface area contributed by atoms with Crippen LogP contribution in [-0.2, 0) is 25.6 Å². The van der Waals surface area contributed by atoms with Crippen LogP contribution in [-0.4, -0.2) is 92.4 Å². The van der Waals surface area contributed by atoms with Crippen LogP contribution in [0.4, 0.5) is 0 Å². The van der Waals surface area contributed by atoms with Crippen LogP contribution < -0.4 is 21.7 Å². The zero-order valence-electron chi connectivity index (χ0n) is 16.9. The van der Waals surface area contributed by atoms with Crippen LogP contribution in [0.25, 0.3) is 0 Å². The van der Waals surface area contributed by atoms with E-state index in [-0.39, 0.29) is 18.6 Å². The number of amides is 3. The number of aliphatic hydroxyl groups excluding tert-OH is 1. The molecule has 1 heterocycles. The van der Waals surface area contributed by atoms with Crippen molar-refractivity contribution in [3.05, 3.63) is 18.2 Å². The summed E-state index contributed by atoms with van der Waals surface area (Å²) in [5, 5.41) is 25.7. The van der Waals surface area contributed by atoms with Crippen LogP contribution in [0.3, 0.4) is 0 Å². The lowest BCUT2D eigenvalue weighted by Crippen LogP contribution is -2.58. The molecule has 0 spiro atoms. The topological polar surface area (TPSA) is 200 Å². The van der Waals surface area contributed by atoms with Gasteiger partial charge >= 0.3 is 5.97 Å². The molecule has 1 aromatic rings. The van der Waals surface area contributed by atoms with E-state index in [2.05, 4.69) is 38.5 Å². The molecular formula is C17H28N6O6S2. The summed E-state index contributed by atoms with van der Waals surface area (Å²) in [5.41, 5.74) is 6.47. The third-order valence-electron chi connectivity index (χ3n) is 4.19. The fourth-order valence-electron chi connectivity index (χ4n) is 2.43. The van der Waals surface area contributed by atoms with Gasteiger partial charge in [-0.15, -0.1) is 0 Å². The van der Waals surface area contributed by atoms with Crippen molar-refractivity contribution in [2.75, 3.05) is 24.4 Å². The lowest BCUT2D eigenvalue weighted by Gasteiger charge is -2.23. The molecule has 0 radical (unpaired) electrons. The molecule has 4 unspecified atom stereocenters. The van der Waals surface area contributed by atoms with Gasteiger partial charge in [0.15, 0.2) is 0 Å². The first-order chi connectivity index (χ1) is 14.7. The molecule has 14 heteroatoms. The van der Waals surface area contributed by atoms with Gasteiger partial charge < -0.3 is 36.9 Å². The maximum Gasteiger partial charge on any atom is 0.326 e. The molecule has 0 aliphatic heterocycles. The van der Waals surface area contributed by atoms with E-state index in [1.807, 2.05) is 0 Å². The van der Waals surface area contributed by atoms with E-state index in [4.69, 9.17) is 5.73 Å². The fourth-order valence-corrected chi connectivity index (χ4v) is 3.16. The summed E-state index contributed by atoms with van der Waals surface area (Å²) in [6.45, 7) is -0.765. The number of carbonyl (C=O) groups excluding carboxylic acids is 3. The number of nitrogens with two attached hydrogens (primary N) is 1. The first kappa shape index (κ1) is 26.7. The lowest BCUT2D eigenvalue weighted by molar-refractivity contribution is -0.142. The Hall–Kier alpha value is -2.29. The van der Waals surface area contributed by atoms with E-state index >= 15 is 0 Å². The third-order valence-corrected chi connectivity index (χ3v) is 5.20. The average Bonchev–Trinajstić information content (AvgIpc) is 3.25. The monoisotopic (exact) mass is 476 g/mol. The zero-order valence-corrected chi connectivity index (χ0v) is 18.6. The predicted octanol–water partition coefficient (Wildman–Crippen LogP) is -2.51. The van der Waals surface area contributed by atoms with Gasteiger partial charge in [0.25, 0.3) is 0 Å². The summed E-state index contributed by atoms with van der Waals surface area (Å²) < 4.78 is 0. The number of carboxylic acids is 1. The number of H-pyrrole nitrogens is 1. The molecule has 0 aromatic carbocycles. The van der Waals surface area contributed by atoms with Gasteiger partial charge in [-0.2, -0.15) is 24.4 Å². The Balaban J connectivity index is 2.67. The summed E-state index contributed by atoms with van der Waals surface area (Å²) in [4.78, 5) is 55.0. The van der Waals surface area contributed by atoms with Crippen LogP contribution in [0.15, 0.2) is 12.5 Å². The molecule has 0 aliphatic rings. The third kappa shape index (κ3) is 9.16. The Bertz CT molecular complexity index is 735. The molecule has 0 saturated heterocycles. The average molecular weight is 477 g/mol. The second-order valence-electron chi connectivity index (χ2n) is 6.56. The van der Waals surface area contributed by atoms with Crippen LogP contribution in [0.5, 0.6) is 0 Å². The van der Waals surface area contributed by atoms with Crippen LogP contribution in [0, 0.1) is 0 Å². The van der Waals surface area contributed by atoms with E-state index in [1.54, 1.807) is 6.26 Å². The second-order valence-corrected chi connectivity index (χ2v) is 7.91. The van der Waals surface area contributed by atoms with Crippen molar-refractivity contribution in [3.63, 3.8) is 0 Å². The molecule has 3 amide bonds. The summed E-state index contributed by atoms with van der Waals surface area (Å²) >= 11 is 5.45. The first-order valence-corrected chi connectivity index (χ1v) is 11.3. The molecule has 0 bridgehead atoms. The van der Waals surface area contributed by atoms with Crippen LogP contribution >= 0.6 is 24.4 Å². The van der Waals surface area contributed by atoms with Gasteiger partial charge in [0.05, 0.1) is 19.0 Å². The Morgan fingerprint density at radius 1 is 1.16 bits per heavy atom. The summed E-state index contributed by atoms with van der Waals surface area (Å²) in [7, 11) is 0. The van der Waals surface area contributed by atoms with E-state index in [9.17, 15) is 29.4 Å². The Morgan fingerprint density at radius 3 is 2.29 bits per heavy atom. The number of carboxylic acid groups (broad SMARTS) is 1. The molecule has 174 valence electrons. The van der Waals surface area contributed by atoms with E-state index in [0.717, 1.165) is 0 Å². The molecule has 4 atom stereocenters. The minimum atomic E-state index is -1.40. The second kappa shape index (κ2) is 13.9. The van der Waals surface area contributed by atoms with Crippen molar-refractivity contribution in [2.45, 2.75) is 37.0 Å². The highest BCUT2D eigenvalue weighted by atomic mass is 32.2. The van der Waals surface area contributed by atoms with Gasteiger partial charge in [0.1, 0.15) is 18.1 Å². The summed E-state index contributed by atoms with van der Waals surface area (Å²) in [5.74, 6) is -3.07. The molecular weight excluding hydrogens is 448 g/mol. The number of aromatic nitrogens is 2. The number of imidazole rings is 1. The number of hydrogen-bond donors (Lipinski definition) is 8. The minimum absolute atomic E-state index is 0.0976. The van der Waals surface area contributed by atoms with Crippen molar-refractivity contribution < 1.29 is 29.4 Å². The van der Waals surface area contributed by atoms with Crippen molar-refractivity contribution in [1.82, 2.24) is 25.9 Å². The Kier molecular flexibility index (Phi) is 12.0. The number of thiol groups is 1. The molecule has 12 nitrogen and oxygen atoms in total.